The van der Waals surface area contributed by atoms with Crippen LogP contribution < -0.4 is 4.90 Å². The Bertz CT molecular complexity index is 9610. The first kappa shape index (κ1) is 89.7. The number of aromatic nitrogens is 6. The fourth-order valence-electron chi connectivity index (χ4n) is 24.0. The van der Waals surface area contributed by atoms with Crippen molar-refractivity contribution >= 4 is 126 Å². The van der Waals surface area contributed by atoms with Gasteiger partial charge in [-0.25, -0.2) is 29.9 Å². The summed E-state index contributed by atoms with van der Waals surface area (Å²) in [5, 5.41) is 19.5. The Morgan fingerprint density at radius 2 is 0.510 bits per heavy atom. The summed E-state index contributed by atoms with van der Waals surface area (Å²) in [6.07, 6.45) is 0. The van der Waals surface area contributed by atoms with E-state index in [1.54, 1.807) is 0 Å². The molecule has 0 aliphatic heterocycles. The zero-order valence-electron chi connectivity index (χ0n) is 84.4. The maximum Gasteiger partial charge on any atom is 0.164 e. The van der Waals surface area contributed by atoms with Gasteiger partial charge in [0, 0.05) is 78.1 Å². The van der Waals surface area contributed by atoms with Crippen molar-refractivity contribution in [3.63, 3.8) is 0 Å². The molecule has 0 saturated heterocycles. The van der Waals surface area contributed by atoms with Crippen molar-refractivity contribution in [2.75, 3.05) is 4.90 Å². The summed E-state index contributed by atoms with van der Waals surface area (Å²) in [5.74, 6) is 3.87. The number of para-hydroxylation sites is 3. The number of anilines is 3. The lowest BCUT2D eigenvalue weighted by Gasteiger charge is -2.48. The minimum absolute atomic E-state index is 0.000842. The predicted octanol–water partition coefficient (Wildman–Crippen LogP) is 37.0. The van der Waals surface area contributed by atoms with E-state index in [9.17, 15) is 0 Å². The molecule has 0 bridgehead atoms. The van der Waals surface area contributed by atoms with E-state index in [0.29, 0.717) is 34.9 Å². The van der Waals surface area contributed by atoms with Crippen molar-refractivity contribution in [1.82, 2.24) is 29.9 Å². The van der Waals surface area contributed by atoms with Crippen LogP contribution in [0, 0.1) is 0 Å². The van der Waals surface area contributed by atoms with E-state index < -0.39 is 0 Å². The number of fused-ring (bicyclic) bond motifs is 27. The molecule has 0 saturated carbocycles. The molecule has 3 aliphatic carbocycles. The monoisotopic (exact) mass is 1890 g/mol. The summed E-state index contributed by atoms with van der Waals surface area (Å²) in [6, 6.07) is 154. The molecule has 147 heavy (non-hydrogen) atoms. The van der Waals surface area contributed by atoms with Crippen molar-refractivity contribution in [2.24, 2.45) is 0 Å². The number of hydrogen-bond donors (Lipinski definition) is 0. The molecule has 0 spiro atoms. The highest BCUT2D eigenvalue weighted by Gasteiger charge is 2.50. The molecule has 25 aromatic rings. The number of nitrogens with zero attached hydrogens (tertiary/aromatic N) is 7. The van der Waals surface area contributed by atoms with Crippen LogP contribution in [-0.4, -0.2) is 29.9 Å². The first-order valence-corrected chi connectivity index (χ1v) is 51.2. The summed E-state index contributed by atoms with van der Waals surface area (Å²) in [5.41, 5.74) is 31.2. The van der Waals surface area contributed by atoms with Crippen molar-refractivity contribution in [1.29, 1.82) is 0 Å². The van der Waals surface area contributed by atoms with Gasteiger partial charge in [-0.3, -0.25) is 0 Å². The first-order chi connectivity index (χ1) is 71.4. The highest BCUT2D eigenvalue weighted by Crippen LogP contribution is 2.61. The Labute approximate surface area is 855 Å². The number of rotatable bonds is 10. The van der Waals surface area contributed by atoms with Crippen LogP contribution >= 0.6 is 0 Å². The van der Waals surface area contributed by atoms with Crippen molar-refractivity contribution in [3.05, 3.63) is 464 Å². The van der Waals surface area contributed by atoms with Crippen LogP contribution in [0.15, 0.2) is 440 Å². The van der Waals surface area contributed by atoms with Gasteiger partial charge in [0.25, 0.3) is 0 Å². The predicted molar refractivity (Wildman–Crippen MR) is 613 cm³/mol. The summed E-state index contributed by atoms with van der Waals surface area (Å²) in [4.78, 5) is 32.4. The van der Waals surface area contributed by atoms with Crippen molar-refractivity contribution in [2.45, 2.75) is 116 Å². The van der Waals surface area contributed by atoms with E-state index in [-0.39, 0.29) is 32.5 Å². The van der Waals surface area contributed by atoms with Crippen molar-refractivity contribution in [3.8, 4) is 113 Å². The Morgan fingerprint density at radius 1 is 0.170 bits per heavy atom. The Kier molecular flexibility index (Phi) is 20.8. The van der Waals surface area contributed by atoms with E-state index >= 15 is 0 Å². The lowest BCUT2D eigenvalue weighted by Crippen LogP contribution is -2.43. The standard InChI is InChI=1S/C47H35N3O.C47H37N3.C44H35NO/c1-46(2)37-18-10-8-15-33(37)41-32-24-23-28-21-22-30(27-36(28)31(32)25-26-38(41)47(46,3)4)44-48-43(29-13-6-5-7-14-29)49-45(50-44)35-17-12-20-40-42(35)34-16-9-11-19-39(34)51-40;1-46(2)39-18-12-11-17-38(39)42-40(47(46,3)4)28-26-31-21-24-36-29-35(25-27-37(36)41(31)42)30-19-22-34(23-20-30)45-49-43(32-13-7-5-8-14-32)48-44(50-45)33-15-9-6-10-16-33;1-43(2)37-16-10-8-15-36(37)42-38(44(43,3)4)25-20-28-18-19-29-26-31(21-23-33(29)41(28)42)45(30-12-6-5-7-13-30)32-22-24-35-34-14-9-11-17-39(34)46-40(35)27-32/h5-27H,1-4H3;5-29H,1-4H3;5-27H,1-4H3. The zero-order chi connectivity index (χ0) is 99.7. The number of furan rings is 2. The van der Waals surface area contributed by atoms with Gasteiger partial charge < -0.3 is 13.7 Å². The molecule has 4 aromatic heterocycles. The highest BCUT2D eigenvalue weighted by molar-refractivity contribution is 6.20. The fraction of sp³-hybridized carbons (Fsp3) is 0.130. The molecule has 28 rings (SSSR count). The molecule has 9 heteroatoms. The molecule has 3 aliphatic rings. The summed E-state index contributed by atoms with van der Waals surface area (Å²) < 4.78 is 12.6. The molecule has 21 aromatic carbocycles. The van der Waals surface area contributed by atoms with Gasteiger partial charge in [0.05, 0.1) is 0 Å². The molecule has 0 unspecified atom stereocenters. The molecule has 4 heterocycles. The third-order valence-corrected chi connectivity index (χ3v) is 34.0. The summed E-state index contributed by atoms with van der Waals surface area (Å²) in [7, 11) is 0. The molecule has 0 radical (unpaired) electrons. The van der Waals surface area contributed by atoms with E-state index in [4.69, 9.17) is 38.7 Å². The average molecular weight is 1900 g/mol. The van der Waals surface area contributed by atoms with E-state index in [1.807, 2.05) is 133 Å². The van der Waals surface area contributed by atoms with Crippen LogP contribution in [0.2, 0.25) is 0 Å². The maximum absolute atomic E-state index is 6.32. The van der Waals surface area contributed by atoms with E-state index in [1.165, 1.54) is 137 Å². The van der Waals surface area contributed by atoms with Crippen LogP contribution in [0.4, 0.5) is 17.1 Å². The summed E-state index contributed by atoms with van der Waals surface area (Å²) in [6.45, 7) is 28.8. The minimum atomic E-state index is -0.0556. The number of benzene rings is 21. The van der Waals surface area contributed by atoms with Gasteiger partial charge >= 0.3 is 0 Å². The van der Waals surface area contributed by atoms with Crippen LogP contribution in [0.5, 0.6) is 0 Å². The van der Waals surface area contributed by atoms with Gasteiger partial charge in [0.2, 0.25) is 0 Å². The van der Waals surface area contributed by atoms with Crippen LogP contribution in [0.1, 0.15) is 116 Å². The van der Waals surface area contributed by atoms with Gasteiger partial charge in [0.15, 0.2) is 34.9 Å². The third-order valence-electron chi connectivity index (χ3n) is 34.0. The first-order valence-electron chi connectivity index (χ1n) is 51.2. The second-order valence-corrected chi connectivity index (χ2v) is 43.1. The molecule has 0 amide bonds. The Morgan fingerprint density at radius 3 is 1.06 bits per heavy atom. The third kappa shape index (κ3) is 14.4. The molecule has 706 valence electrons. The largest absolute Gasteiger partial charge is 0.456 e. The van der Waals surface area contributed by atoms with E-state index in [2.05, 4.69) is 385 Å². The molecule has 0 fully saturated rings. The quantitative estimate of drug-likeness (QED) is 0.124. The lowest BCUT2D eigenvalue weighted by molar-refractivity contribution is 0.299. The Balaban J connectivity index is 0.000000112. The highest BCUT2D eigenvalue weighted by atomic mass is 16.3. The second kappa shape index (κ2) is 34.2. The summed E-state index contributed by atoms with van der Waals surface area (Å²) >= 11 is 0. The molecular formula is C138H107N7O2. The SMILES string of the molecule is CC1(C)c2ccccc2-c2c(ccc3c2ccc2ccc(-c4nc(-c5ccccc5)nc(-c5cccc6oc7ccccc7c56)n4)cc23)C1(C)C.CC1(C)c2ccccc2-c2c(ccc3ccc4cc(-c5ccc(-c6nc(-c7ccccc7)nc(-c7ccccc7)n6)cc5)ccc4c23)C1(C)C.CC1(C)c2ccccc2-c2c(ccc3ccc4cc(N(c5ccccc5)c5ccc6c(c5)oc5ccccc56)ccc4c23)C1(C)C. The topological polar surface area (TPSA) is 107 Å². The number of hydrogen-bond acceptors (Lipinski definition) is 9. The van der Waals surface area contributed by atoms with Gasteiger partial charge in [-0.05, 0) is 242 Å². The van der Waals surface area contributed by atoms with Crippen LogP contribution in [-0.2, 0) is 32.5 Å². The fourth-order valence-corrected chi connectivity index (χ4v) is 24.0. The van der Waals surface area contributed by atoms with Crippen molar-refractivity contribution < 1.29 is 8.83 Å². The average Bonchev–Trinajstić information content (AvgIpc) is 1.13. The molecule has 9 nitrogen and oxygen atoms in total. The maximum atomic E-state index is 6.32. The van der Waals surface area contributed by atoms with E-state index in [0.717, 1.165) is 99.9 Å². The second-order valence-electron chi connectivity index (χ2n) is 43.1. The smallest absolute Gasteiger partial charge is 0.164 e. The van der Waals surface area contributed by atoms with Crippen LogP contribution in [0.25, 0.3) is 221 Å². The molecule has 0 atom stereocenters. The van der Waals surface area contributed by atoms with Crippen LogP contribution in [0.3, 0.4) is 0 Å². The van der Waals surface area contributed by atoms with Gasteiger partial charge in [-0.15, -0.1) is 0 Å². The van der Waals surface area contributed by atoms with Gasteiger partial charge in [-0.2, -0.15) is 0 Å². The lowest BCUT2D eigenvalue weighted by atomic mass is 9.55. The normalized spacial score (nSPS) is 14.6. The zero-order valence-corrected chi connectivity index (χ0v) is 84.4. The minimum Gasteiger partial charge on any atom is -0.456 e. The molecule has 0 N–H and O–H groups in total. The van der Waals surface area contributed by atoms with Gasteiger partial charge in [0.1, 0.15) is 22.3 Å². The Hall–Kier alpha value is -17.4. The van der Waals surface area contributed by atoms with Gasteiger partial charge in [-0.1, -0.05) is 441 Å². The molecular weight excluding hydrogens is 1790 g/mol.